The van der Waals surface area contributed by atoms with E-state index < -0.39 is 5.97 Å². The normalized spacial score (nSPS) is 11.8. The lowest BCUT2D eigenvalue weighted by Gasteiger charge is -2.13. The summed E-state index contributed by atoms with van der Waals surface area (Å²) < 4.78 is 5.65. The first-order chi connectivity index (χ1) is 10.8. The van der Waals surface area contributed by atoms with Crippen molar-refractivity contribution in [1.29, 1.82) is 0 Å². The molecule has 0 aliphatic heterocycles. The maximum Gasteiger partial charge on any atom is 0.344 e. The smallest absolute Gasteiger partial charge is 0.344 e. The van der Waals surface area contributed by atoms with Crippen LogP contribution in [0.5, 0.6) is 0 Å². The second-order valence-electron chi connectivity index (χ2n) is 6.00. The van der Waals surface area contributed by atoms with Crippen LogP contribution in [-0.2, 0) is 10.2 Å². The van der Waals surface area contributed by atoms with Crippen molar-refractivity contribution in [2.75, 3.05) is 6.61 Å². The Bertz CT molecular complexity index is 730. The number of carbonyl (C=O) groups is 1. The molecule has 2 rings (SSSR count). The third kappa shape index (κ3) is 4.16. The van der Waals surface area contributed by atoms with Gasteiger partial charge in [0.1, 0.15) is 5.56 Å². The molecule has 2 aromatic rings. The maximum atomic E-state index is 12.0. The minimum absolute atomic E-state index is 0.0158. The Kier molecular flexibility index (Phi) is 5.15. The lowest BCUT2D eigenvalue weighted by Crippen LogP contribution is -2.31. The van der Waals surface area contributed by atoms with E-state index in [1.807, 2.05) is 0 Å². The van der Waals surface area contributed by atoms with Crippen molar-refractivity contribution in [3.8, 4) is 0 Å². The summed E-state index contributed by atoms with van der Waals surface area (Å²) in [6.07, 6.45) is 6.54. The first-order valence-corrected chi connectivity index (χ1v) is 8.18. The van der Waals surface area contributed by atoms with Crippen LogP contribution in [0.15, 0.2) is 24.5 Å². The Morgan fingerprint density at radius 2 is 2.17 bits per heavy atom. The van der Waals surface area contributed by atoms with Gasteiger partial charge in [-0.05, 0) is 19.1 Å². The zero-order valence-electron chi connectivity index (χ0n) is 13.7. The lowest BCUT2D eigenvalue weighted by molar-refractivity contribution is -0.607. The molecule has 0 N–H and O–H groups in total. The van der Waals surface area contributed by atoms with Crippen molar-refractivity contribution in [3.63, 3.8) is 0 Å². The molecule has 2 heterocycles. The van der Waals surface area contributed by atoms with Gasteiger partial charge in [-0.25, -0.2) is 9.78 Å². The molecular weight excluding hydrogens is 312 g/mol. The van der Waals surface area contributed by atoms with Gasteiger partial charge in [0, 0.05) is 28.6 Å². The summed E-state index contributed by atoms with van der Waals surface area (Å²) >= 11 is 1.56. The summed E-state index contributed by atoms with van der Waals surface area (Å²) in [5.41, 5.74) is 0.496. The van der Waals surface area contributed by atoms with E-state index in [9.17, 15) is 10.0 Å². The monoisotopic (exact) mass is 332 g/mol. The topological polar surface area (TPSA) is 66.1 Å². The zero-order chi connectivity index (χ0) is 17.0. The van der Waals surface area contributed by atoms with Crippen LogP contribution < -0.4 is 4.73 Å². The molecule has 5 nitrogen and oxygen atoms in total. The van der Waals surface area contributed by atoms with Crippen molar-refractivity contribution >= 4 is 29.5 Å². The van der Waals surface area contributed by atoms with Crippen LogP contribution in [-0.4, -0.2) is 17.6 Å². The van der Waals surface area contributed by atoms with Gasteiger partial charge in [-0.15, -0.1) is 11.3 Å². The summed E-state index contributed by atoms with van der Waals surface area (Å²) in [7, 11) is 0. The van der Waals surface area contributed by atoms with Gasteiger partial charge in [-0.3, -0.25) is 0 Å². The van der Waals surface area contributed by atoms with Crippen molar-refractivity contribution in [1.82, 2.24) is 4.98 Å². The largest absolute Gasteiger partial charge is 0.618 e. The predicted molar refractivity (Wildman–Crippen MR) is 91.1 cm³/mol. The minimum atomic E-state index is -0.503. The molecule has 0 atom stereocenters. The minimum Gasteiger partial charge on any atom is -0.618 e. The van der Waals surface area contributed by atoms with E-state index in [4.69, 9.17) is 4.74 Å². The molecule has 0 aliphatic rings. The first kappa shape index (κ1) is 17.1. The van der Waals surface area contributed by atoms with Gasteiger partial charge in [-0.2, -0.15) is 4.73 Å². The molecule has 2 aromatic heterocycles. The highest BCUT2D eigenvalue weighted by molar-refractivity contribution is 7.12. The highest BCUT2D eigenvalue weighted by Gasteiger charge is 2.19. The van der Waals surface area contributed by atoms with E-state index in [0.29, 0.717) is 4.73 Å². The number of esters is 1. The van der Waals surface area contributed by atoms with Crippen LogP contribution in [0.25, 0.3) is 12.2 Å². The van der Waals surface area contributed by atoms with Gasteiger partial charge >= 0.3 is 5.97 Å². The van der Waals surface area contributed by atoms with Crippen molar-refractivity contribution < 1.29 is 14.3 Å². The third-order valence-corrected chi connectivity index (χ3v) is 4.45. The zero-order valence-corrected chi connectivity index (χ0v) is 14.5. The second-order valence-corrected chi connectivity index (χ2v) is 7.07. The molecule has 0 radical (unpaired) electrons. The molecule has 0 saturated carbocycles. The molecule has 0 amide bonds. The summed E-state index contributed by atoms with van der Waals surface area (Å²) in [5, 5.41) is 13.0. The number of ether oxygens (including phenoxy) is 1. The highest BCUT2D eigenvalue weighted by atomic mass is 32.1. The number of aromatic nitrogens is 2. The molecule has 23 heavy (non-hydrogen) atoms. The Labute approximate surface area is 139 Å². The van der Waals surface area contributed by atoms with Crippen LogP contribution in [0.4, 0.5) is 0 Å². The fourth-order valence-electron chi connectivity index (χ4n) is 1.92. The number of hydrogen-bond acceptors (Lipinski definition) is 5. The van der Waals surface area contributed by atoms with Gasteiger partial charge < -0.3 is 9.94 Å². The van der Waals surface area contributed by atoms with Gasteiger partial charge in [0.05, 0.1) is 11.6 Å². The number of thiazole rings is 1. The summed E-state index contributed by atoms with van der Waals surface area (Å²) in [6, 6.07) is 3.11. The average Bonchev–Trinajstić information content (AvgIpc) is 2.95. The molecule has 122 valence electrons. The maximum absolute atomic E-state index is 12.0. The first-order valence-electron chi connectivity index (χ1n) is 7.36. The standard InChI is InChI=1S/C17H20N2O3S/c1-5-22-15(20)13-7-6-10-19(21)14(13)9-8-12-11-18-16(23-12)17(2,3)4/h6-11H,5H2,1-4H3/b9-8+. The molecule has 0 bridgehead atoms. The molecule has 0 spiro atoms. The molecule has 6 heteroatoms. The van der Waals surface area contributed by atoms with Crippen LogP contribution in [0.1, 0.15) is 53.6 Å². The molecule has 0 unspecified atom stereocenters. The summed E-state index contributed by atoms with van der Waals surface area (Å²) in [6.45, 7) is 8.29. The van der Waals surface area contributed by atoms with Gasteiger partial charge in [-0.1, -0.05) is 20.8 Å². The Balaban J connectivity index is 2.32. The number of hydrogen-bond donors (Lipinski definition) is 0. The Morgan fingerprint density at radius 3 is 2.78 bits per heavy atom. The summed E-state index contributed by atoms with van der Waals surface area (Å²) in [4.78, 5) is 17.3. The fraction of sp³-hybridized carbons (Fsp3) is 0.353. The van der Waals surface area contributed by atoms with Crippen LogP contribution in [0, 0.1) is 5.21 Å². The predicted octanol–water partition coefficient (Wildman–Crippen LogP) is 3.42. The van der Waals surface area contributed by atoms with Gasteiger partial charge in [0.25, 0.3) is 0 Å². The van der Waals surface area contributed by atoms with Crippen molar-refractivity contribution in [3.05, 3.63) is 50.9 Å². The number of nitrogens with zero attached hydrogens (tertiary/aromatic N) is 2. The van der Waals surface area contributed by atoms with Gasteiger partial charge in [0.15, 0.2) is 6.20 Å². The number of pyridine rings is 1. The lowest BCUT2D eigenvalue weighted by atomic mass is 9.98. The Hall–Kier alpha value is -2.21. The van der Waals surface area contributed by atoms with Crippen molar-refractivity contribution in [2.45, 2.75) is 33.1 Å². The van der Waals surface area contributed by atoms with Crippen LogP contribution in [0.2, 0.25) is 0 Å². The quantitative estimate of drug-likeness (QED) is 0.489. The Morgan fingerprint density at radius 1 is 1.43 bits per heavy atom. The van der Waals surface area contributed by atoms with E-state index in [2.05, 4.69) is 25.8 Å². The van der Waals surface area contributed by atoms with Gasteiger partial charge in [0.2, 0.25) is 5.69 Å². The van der Waals surface area contributed by atoms with E-state index >= 15 is 0 Å². The van der Waals surface area contributed by atoms with E-state index in [0.717, 1.165) is 9.88 Å². The number of carbonyl (C=O) groups excluding carboxylic acids is 1. The molecule has 0 aromatic carbocycles. The van der Waals surface area contributed by atoms with Crippen LogP contribution >= 0.6 is 11.3 Å². The average molecular weight is 332 g/mol. The second kappa shape index (κ2) is 6.91. The fourth-order valence-corrected chi connectivity index (χ4v) is 2.79. The molecular formula is C17H20N2O3S. The van der Waals surface area contributed by atoms with E-state index in [1.54, 1.807) is 42.7 Å². The van der Waals surface area contributed by atoms with Crippen LogP contribution in [0.3, 0.4) is 0 Å². The summed E-state index contributed by atoms with van der Waals surface area (Å²) in [5.74, 6) is -0.503. The molecule has 0 saturated heterocycles. The van der Waals surface area contributed by atoms with E-state index in [-0.39, 0.29) is 23.3 Å². The van der Waals surface area contributed by atoms with E-state index in [1.165, 1.54) is 12.3 Å². The van der Waals surface area contributed by atoms with Crippen molar-refractivity contribution in [2.24, 2.45) is 0 Å². The number of rotatable bonds is 4. The highest BCUT2D eigenvalue weighted by Crippen LogP contribution is 2.27. The third-order valence-electron chi connectivity index (χ3n) is 3.06. The SMILES string of the molecule is CCOC(=O)c1ccc[n+]([O-])c1/C=C/c1cnc(C(C)(C)C)s1. The molecule has 0 fully saturated rings. The molecule has 0 aliphatic carbocycles.